The number of imide groups is 1. The van der Waals surface area contributed by atoms with Gasteiger partial charge in [0.2, 0.25) is 0 Å². The summed E-state index contributed by atoms with van der Waals surface area (Å²) in [4.78, 5) is 50.4. The molecule has 2 aromatic carbocycles. The van der Waals surface area contributed by atoms with E-state index in [1.165, 1.54) is 17.0 Å². The minimum absolute atomic E-state index is 0.0000594. The lowest BCUT2D eigenvalue weighted by atomic mass is 9.99. The van der Waals surface area contributed by atoms with Gasteiger partial charge < -0.3 is 10.0 Å². The molecule has 3 rings (SSSR count). The Labute approximate surface area is 143 Å². The summed E-state index contributed by atoms with van der Waals surface area (Å²) in [5.74, 6) is -1.88. The molecule has 0 bridgehead atoms. The quantitative estimate of drug-likeness (QED) is 0.670. The van der Waals surface area contributed by atoms with Crippen molar-refractivity contribution in [2.45, 2.75) is 0 Å². The highest BCUT2D eigenvalue weighted by Crippen LogP contribution is 2.27. The molecule has 25 heavy (non-hydrogen) atoms. The van der Waals surface area contributed by atoms with Crippen LogP contribution in [0, 0.1) is 0 Å². The van der Waals surface area contributed by atoms with Crippen molar-refractivity contribution in [1.29, 1.82) is 0 Å². The van der Waals surface area contributed by atoms with Gasteiger partial charge in [0.15, 0.2) is 6.29 Å². The maximum absolute atomic E-state index is 12.8. The van der Waals surface area contributed by atoms with E-state index in [4.69, 9.17) is 5.11 Å². The summed E-state index contributed by atoms with van der Waals surface area (Å²) in [5.41, 5.74) is 0.632. The van der Waals surface area contributed by atoms with E-state index in [0.29, 0.717) is 16.9 Å². The Morgan fingerprint density at radius 1 is 1.12 bits per heavy atom. The van der Waals surface area contributed by atoms with Gasteiger partial charge in [-0.2, -0.15) is 0 Å². The topological polar surface area (TPSA) is 95.0 Å². The molecule has 126 valence electrons. The fourth-order valence-corrected chi connectivity index (χ4v) is 2.71. The summed E-state index contributed by atoms with van der Waals surface area (Å²) in [6.45, 7) is -0.768. The van der Waals surface area contributed by atoms with Gasteiger partial charge in [-0.3, -0.25) is 24.1 Å². The van der Waals surface area contributed by atoms with Crippen molar-refractivity contribution in [2.75, 3.05) is 18.7 Å². The van der Waals surface area contributed by atoms with Crippen LogP contribution in [0.4, 0.5) is 5.69 Å². The van der Waals surface area contributed by atoms with E-state index in [1.807, 2.05) is 6.07 Å². The molecule has 0 aromatic heterocycles. The molecule has 7 heteroatoms. The van der Waals surface area contributed by atoms with Gasteiger partial charge in [-0.15, -0.1) is 0 Å². The van der Waals surface area contributed by atoms with Gasteiger partial charge in [0.05, 0.1) is 16.7 Å². The van der Waals surface area contributed by atoms with Crippen LogP contribution >= 0.6 is 0 Å². The maximum atomic E-state index is 12.8. The van der Waals surface area contributed by atoms with E-state index in [9.17, 15) is 19.2 Å². The normalized spacial score (nSPS) is 13.0. The number of aliphatic hydroxyl groups is 1. The molecule has 0 radical (unpaired) electrons. The van der Waals surface area contributed by atoms with Gasteiger partial charge in [0.1, 0.15) is 6.73 Å². The standard InChI is InChI=1S/C18H14N2O5/c1-19(12-5-3-2-4-6-12)16(23)13-8-15-14(7-11(13)9-21)17(24)20(10-22)18(15)25/h2-9,22H,10H2,1H3. The first-order valence-corrected chi connectivity index (χ1v) is 7.43. The maximum Gasteiger partial charge on any atom is 0.263 e. The Hall–Kier alpha value is -3.32. The third-order valence-corrected chi connectivity index (χ3v) is 4.09. The molecule has 0 spiro atoms. The molecule has 1 N–H and O–H groups in total. The lowest BCUT2D eigenvalue weighted by Gasteiger charge is -2.18. The first-order chi connectivity index (χ1) is 12.0. The SMILES string of the molecule is CN(C(=O)c1cc2c(cc1C=O)C(=O)N(CO)C2=O)c1ccccc1. The van der Waals surface area contributed by atoms with Gasteiger partial charge >= 0.3 is 0 Å². The van der Waals surface area contributed by atoms with E-state index in [1.54, 1.807) is 31.3 Å². The number of hydrogen-bond acceptors (Lipinski definition) is 5. The van der Waals surface area contributed by atoms with Crippen molar-refractivity contribution in [1.82, 2.24) is 4.90 Å². The smallest absolute Gasteiger partial charge is 0.263 e. The summed E-state index contributed by atoms with van der Waals surface area (Å²) in [5, 5.41) is 9.16. The van der Waals surface area contributed by atoms with Crippen LogP contribution in [0.1, 0.15) is 41.4 Å². The van der Waals surface area contributed by atoms with Crippen LogP contribution in [0.25, 0.3) is 0 Å². The number of carbonyl (C=O) groups excluding carboxylic acids is 4. The van der Waals surface area contributed by atoms with Crippen molar-refractivity contribution in [2.24, 2.45) is 0 Å². The Bertz CT molecular complexity index is 892. The number of aldehydes is 1. The van der Waals surface area contributed by atoms with Crippen LogP contribution < -0.4 is 4.90 Å². The molecule has 0 atom stereocenters. The van der Waals surface area contributed by atoms with Crippen molar-refractivity contribution in [3.8, 4) is 0 Å². The van der Waals surface area contributed by atoms with Crippen LogP contribution in [0.3, 0.4) is 0 Å². The van der Waals surface area contributed by atoms with Gasteiger partial charge in [0.25, 0.3) is 17.7 Å². The van der Waals surface area contributed by atoms with Crippen molar-refractivity contribution < 1.29 is 24.3 Å². The molecule has 3 amide bonds. The van der Waals surface area contributed by atoms with Crippen molar-refractivity contribution in [3.05, 3.63) is 64.7 Å². The number of anilines is 1. The fourth-order valence-electron chi connectivity index (χ4n) is 2.71. The minimum atomic E-state index is -0.768. The molecular weight excluding hydrogens is 324 g/mol. The number of fused-ring (bicyclic) bond motifs is 1. The fraction of sp³-hybridized carbons (Fsp3) is 0.111. The number of hydrogen-bond donors (Lipinski definition) is 1. The first kappa shape index (κ1) is 16.5. The number of amides is 3. The third-order valence-electron chi connectivity index (χ3n) is 4.09. The van der Waals surface area contributed by atoms with E-state index in [-0.39, 0.29) is 22.3 Å². The van der Waals surface area contributed by atoms with Gasteiger partial charge in [-0.1, -0.05) is 18.2 Å². The zero-order valence-corrected chi connectivity index (χ0v) is 13.3. The molecule has 1 aliphatic rings. The molecule has 0 unspecified atom stereocenters. The van der Waals surface area contributed by atoms with Crippen LogP contribution in [0.5, 0.6) is 0 Å². The second kappa shape index (κ2) is 6.29. The number of rotatable bonds is 4. The first-order valence-electron chi connectivity index (χ1n) is 7.43. The monoisotopic (exact) mass is 338 g/mol. The molecular formula is C18H14N2O5. The summed E-state index contributed by atoms with van der Waals surface area (Å²) < 4.78 is 0. The van der Waals surface area contributed by atoms with Crippen LogP contribution in [-0.4, -0.2) is 47.8 Å². The molecule has 2 aromatic rings. The Morgan fingerprint density at radius 2 is 1.72 bits per heavy atom. The minimum Gasteiger partial charge on any atom is -0.376 e. The molecule has 0 fully saturated rings. The molecule has 0 saturated heterocycles. The molecule has 1 aliphatic heterocycles. The molecule has 0 aliphatic carbocycles. The van der Waals surface area contributed by atoms with Crippen molar-refractivity contribution >= 4 is 29.7 Å². The average molecular weight is 338 g/mol. The van der Waals surface area contributed by atoms with Crippen LogP contribution in [0.15, 0.2) is 42.5 Å². The van der Waals surface area contributed by atoms with Crippen molar-refractivity contribution in [3.63, 3.8) is 0 Å². The molecule has 0 saturated carbocycles. The van der Waals surface area contributed by atoms with E-state index < -0.39 is 24.5 Å². The van der Waals surface area contributed by atoms with Gasteiger partial charge in [-0.05, 0) is 24.3 Å². The Kier molecular flexibility index (Phi) is 4.16. The summed E-state index contributed by atoms with van der Waals surface area (Å²) >= 11 is 0. The largest absolute Gasteiger partial charge is 0.376 e. The number of benzene rings is 2. The van der Waals surface area contributed by atoms with Gasteiger partial charge in [-0.25, -0.2) is 0 Å². The van der Waals surface area contributed by atoms with E-state index in [0.717, 1.165) is 0 Å². The summed E-state index contributed by atoms with van der Waals surface area (Å²) in [7, 11) is 1.55. The number of para-hydroxylation sites is 1. The predicted octanol–water partition coefficient (Wildman–Crippen LogP) is 1.32. The zero-order valence-electron chi connectivity index (χ0n) is 13.3. The lowest BCUT2D eigenvalue weighted by Crippen LogP contribution is -2.30. The Morgan fingerprint density at radius 3 is 2.28 bits per heavy atom. The predicted molar refractivity (Wildman–Crippen MR) is 88.6 cm³/mol. The highest BCUT2D eigenvalue weighted by Gasteiger charge is 2.37. The highest BCUT2D eigenvalue weighted by atomic mass is 16.3. The summed E-state index contributed by atoms with van der Waals surface area (Å²) in [6.07, 6.45) is 0.464. The summed E-state index contributed by atoms with van der Waals surface area (Å²) in [6, 6.07) is 11.2. The number of aliphatic hydroxyl groups excluding tert-OH is 1. The van der Waals surface area contributed by atoms with Crippen LogP contribution in [-0.2, 0) is 0 Å². The second-order valence-electron chi connectivity index (χ2n) is 5.48. The second-order valence-corrected chi connectivity index (χ2v) is 5.48. The third kappa shape index (κ3) is 2.60. The number of nitrogens with zero attached hydrogens (tertiary/aromatic N) is 2. The van der Waals surface area contributed by atoms with E-state index >= 15 is 0 Å². The van der Waals surface area contributed by atoms with Crippen LogP contribution in [0.2, 0.25) is 0 Å². The zero-order chi connectivity index (χ0) is 18.1. The number of carbonyl (C=O) groups is 4. The average Bonchev–Trinajstić information content (AvgIpc) is 2.89. The molecule has 1 heterocycles. The molecule has 7 nitrogen and oxygen atoms in total. The highest BCUT2D eigenvalue weighted by molar-refractivity contribution is 6.23. The lowest BCUT2D eigenvalue weighted by molar-refractivity contribution is 0.0489. The van der Waals surface area contributed by atoms with E-state index in [2.05, 4.69) is 0 Å². The van der Waals surface area contributed by atoms with Gasteiger partial charge in [0, 0.05) is 18.3 Å². The Balaban J connectivity index is 2.08.